The van der Waals surface area contributed by atoms with Gasteiger partial charge in [0.2, 0.25) is 5.89 Å². The van der Waals surface area contributed by atoms with Crippen LogP contribution in [0.2, 0.25) is 0 Å². The summed E-state index contributed by atoms with van der Waals surface area (Å²) in [5.74, 6) is 2.83. The number of likely N-dealkylation sites (tertiary alicyclic amines) is 1. The number of rotatable bonds is 7. The quantitative estimate of drug-likeness (QED) is 0.769. The van der Waals surface area contributed by atoms with Gasteiger partial charge in [-0.05, 0) is 31.4 Å². The zero-order valence-electron chi connectivity index (χ0n) is 13.8. The topological polar surface area (TPSA) is 73.5 Å². The second-order valence-electron chi connectivity index (χ2n) is 6.50. The fourth-order valence-corrected chi connectivity index (χ4v) is 3.11. The summed E-state index contributed by atoms with van der Waals surface area (Å²) in [4.78, 5) is 10.9. The molecule has 0 radical (unpaired) electrons. The third-order valence-corrected chi connectivity index (χ3v) is 4.66. The Morgan fingerprint density at radius 1 is 1.38 bits per heavy atom. The molecule has 7 nitrogen and oxygen atoms in total. The fraction of sp³-hybridized carbons (Fsp3) is 0.588. The number of pyridine rings is 1. The summed E-state index contributed by atoms with van der Waals surface area (Å²) in [6.07, 6.45) is 6.96. The van der Waals surface area contributed by atoms with E-state index in [1.54, 1.807) is 19.5 Å². The molecule has 2 aromatic heterocycles. The van der Waals surface area contributed by atoms with Crippen LogP contribution in [0.3, 0.4) is 0 Å². The van der Waals surface area contributed by atoms with Crippen LogP contribution in [0.4, 0.5) is 0 Å². The van der Waals surface area contributed by atoms with Crippen LogP contribution in [-0.4, -0.2) is 52.4 Å². The highest BCUT2D eigenvalue weighted by molar-refractivity contribution is 5.15. The summed E-state index contributed by atoms with van der Waals surface area (Å²) >= 11 is 0. The van der Waals surface area contributed by atoms with Gasteiger partial charge >= 0.3 is 0 Å². The van der Waals surface area contributed by atoms with Gasteiger partial charge in [0.1, 0.15) is 12.4 Å². The predicted octanol–water partition coefficient (Wildman–Crippen LogP) is 2.01. The molecule has 0 N–H and O–H groups in total. The van der Waals surface area contributed by atoms with Crippen molar-refractivity contribution >= 4 is 0 Å². The zero-order valence-corrected chi connectivity index (χ0v) is 13.8. The Morgan fingerprint density at radius 2 is 2.29 bits per heavy atom. The van der Waals surface area contributed by atoms with Gasteiger partial charge in [-0.3, -0.25) is 9.88 Å². The lowest BCUT2D eigenvalue weighted by atomic mass is 10.2. The van der Waals surface area contributed by atoms with E-state index in [9.17, 15) is 0 Å². The molecule has 0 spiro atoms. The van der Waals surface area contributed by atoms with E-state index in [2.05, 4.69) is 20.0 Å². The van der Waals surface area contributed by atoms with Crippen molar-refractivity contribution < 1.29 is 14.0 Å². The number of hydrogen-bond acceptors (Lipinski definition) is 7. The summed E-state index contributed by atoms with van der Waals surface area (Å²) < 4.78 is 16.8. The van der Waals surface area contributed by atoms with Crippen molar-refractivity contribution in [3.05, 3.63) is 36.2 Å². The molecule has 0 bridgehead atoms. The van der Waals surface area contributed by atoms with Crippen molar-refractivity contribution in [2.24, 2.45) is 0 Å². The molecule has 3 heterocycles. The van der Waals surface area contributed by atoms with Gasteiger partial charge in [0, 0.05) is 31.8 Å². The van der Waals surface area contributed by atoms with E-state index in [1.807, 2.05) is 12.1 Å². The van der Waals surface area contributed by atoms with Crippen LogP contribution in [0.15, 0.2) is 29.0 Å². The minimum absolute atomic E-state index is 0.207. The minimum atomic E-state index is 0.207. The van der Waals surface area contributed by atoms with Crippen LogP contribution in [-0.2, 0) is 11.3 Å². The highest BCUT2D eigenvalue weighted by Gasteiger charge is 2.34. The van der Waals surface area contributed by atoms with E-state index in [-0.39, 0.29) is 12.1 Å². The average molecular weight is 330 g/mol. The van der Waals surface area contributed by atoms with E-state index in [0.29, 0.717) is 25.0 Å². The molecular weight excluding hydrogens is 308 g/mol. The Balaban J connectivity index is 1.38. The number of hydrogen-bond donors (Lipinski definition) is 0. The van der Waals surface area contributed by atoms with Gasteiger partial charge in [-0.25, -0.2) is 0 Å². The Hall–Kier alpha value is -1.99. The number of nitrogens with zero attached hydrogens (tertiary/aromatic N) is 4. The second-order valence-corrected chi connectivity index (χ2v) is 6.50. The fourth-order valence-electron chi connectivity index (χ4n) is 3.11. The average Bonchev–Trinajstić information content (AvgIpc) is 3.24. The summed E-state index contributed by atoms with van der Waals surface area (Å²) in [6, 6.07) is 4.05. The van der Waals surface area contributed by atoms with Crippen LogP contribution in [0, 0.1) is 0 Å². The van der Waals surface area contributed by atoms with Crippen molar-refractivity contribution in [1.82, 2.24) is 20.0 Å². The molecule has 2 atom stereocenters. The molecule has 24 heavy (non-hydrogen) atoms. The molecule has 1 saturated carbocycles. The van der Waals surface area contributed by atoms with Crippen molar-refractivity contribution in [1.29, 1.82) is 0 Å². The standard InChI is InChI=1S/C17H22N4O3/c1-22-15-7-13(11-23-14-3-2-6-18-8-14)21(9-15)10-16-19-17(20-24-16)12-4-5-12/h2-3,6,8,12-13,15H,4-5,7,9-11H2,1H3/t13-,15+/m0/s1. The summed E-state index contributed by atoms with van der Waals surface area (Å²) in [6.45, 7) is 2.08. The lowest BCUT2D eigenvalue weighted by molar-refractivity contribution is 0.105. The van der Waals surface area contributed by atoms with Crippen LogP contribution >= 0.6 is 0 Å². The van der Waals surface area contributed by atoms with E-state index in [0.717, 1.165) is 24.5 Å². The Morgan fingerprint density at radius 3 is 3.04 bits per heavy atom. The molecule has 0 amide bonds. The maximum absolute atomic E-state index is 5.88. The largest absolute Gasteiger partial charge is 0.490 e. The first kappa shape index (κ1) is 15.5. The monoisotopic (exact) mass is 330 g/mol. The third kappa shape index (κ3) is 3.57. The normalized spacial score (nSPS) is 24.4. The first-order valence-electron chi connectivity index (χ1n) is 8.44. The first-order chi connectivity index (χ1) is 11.8. The van der Waals surface area contributed by atoms with E-state index in [4.69, 9.17) is 14.0 Å². The molecule has 0 unspecified atom stereocenters. The van der Waals surface area contributed by atoms with Gasteiger partial charge in [0.15, 0.2) is 5.82 Å². The molecule has 1 aliphatic heterocycles. The van der Waals surface area contributed by atoms with Crippen molar-refractivity contribution in [3.63, 3.8) is 0 Å². The lowest BCUT2D eigenvalue weighted by Gasteiger charge is -2.22. The summed E-state index contributed by atoms with van der Waals surface area (Å²) in [7, 11) is 1.76. The number of aromatic nitrogens is 3. The summed E-state index contributed by atoms with van der Waals surface area (Å²) in [5, 5.41) is 4.09. The second kappa shape index (κ2) is 6.86. The van der Waals surface area contributed by atoms with Gasteiger partial charge in [0.25, 0.3) is 0 Å². The van der Waals surface area contributed by atoms with Crippen LogP contribution in [0.25, 0.3) is 0 Å². The van der Waals surface area contributed by atoms with Crippen molar-refractivity contribution in [2.45, 2.75) is 43.9 Å². The molecular formula is C17H22N4O3. The van der Waals surface area contributed by atoms with Crippen molar-refractivity contribution in [3.8, 4) is 5.75 Å². The van der Waals surface area contributed by atoms with E-state index < -0.39 is 0 Å². The highest BCUT2D eigenvalue weighted by atomic mass is 16.5. The summed E-state index contributed by atoms with van der Waals surface area (Å²) in [5.41, 5.74) is 0. The molecule has 4 rings (SSSR count). The van der Waals surface area contributed by atoms with Gasteiger partial charge < -0.3 is 14.0 Å². The van der Waals surface area contributed by atoms with Crippen molar-refractivity contribution in [2.75, 3.05) is 20.3 Å². The van der Waals surface area contributed by atoms with Gasteiger partial charge in [-0.1, -0.05) is 5.16 Å². The minimum Gasteiger partial charge on any atom is -0.490 e. The van der Waals surface area contributed by atoms with Crippen LogP contribution in [0.5, 0.6) is 5.75 Å². The molecule has 7 heteroatoms. The van der Waals surface area contributed by atoms with E-state index in [1.165, 1.54) is 12.8 Å². The zero-order chi connectivity index (χ0) is 16.4. The van der Waals surface area contributed by atoms with Gasteiger partial charge in [0.05, 0.1) is 18.8 Å². The lowest BCUT2D eigenvalue weighted by Crippen LogP contribution is -2.34. The van der Waals surface area contributed by atoms with Crippen LogP contribution in [0.1, 0.15) is 36.9 Å². The third-order valence-electron chi connectivity index (χ3n) is 4.66. The number of ether oxygens (including phenoxy) is 2. The van der Waals surface area contributed by atoms with Crippen LogP contribution < -0.4 is 4.74 Å². The SMILES string of the molecule is CO[C@@H]1C[C@@H](COc2cccnc2)N(Cc2nc(C3CC3)no2)C1. The first-order valence-corrected chi connectivity index (χ1v) is 8.44. The Labute approximate surface area is 141 Å². The van der Waals surface area contributed by atoms with E-state index >= 15 is 0 Å². The molecule has 1 saturated heterocycles. The smallest absolute Gasteiger partial charge is 0.240 e. The molecule has 1 aliphatic carbocycles. The maximum atomic E-state index is 5.88. The molecule has 0 aromatic carbocycles. The predicted molar refractivity (Wildman–Crippen MR) is 85.6 cm³/mol. The molecule has 2 aromatic rings. The molecule has 2 fully saturated rings. The van der Waals surface area contributed by atoms with Gasteiger partial charge in [-0.2, -0.15) is 4.98 Å². The Kier molecular flexibility index (Phi) is 4.44. The molecule has 2 aliphatic rings. The Bertz CT molecular complexity index is 659. The number of methoxy groups -OCH3 is 1. The molecule has 128 valence electrons. The maximum Gasteiger partial charge on any atom is 0.240 e. The van der Waals surface area contributed by atoms with Gasteiger partial charge in [-0.15, -0.1) is 0 Å². The highest BCUT2D eigenvalue weighted by Crippen LogP contribution is 2.38.